The number of ketones is 1. The molecule has 2 atom stereocenters. The molecule has 3 rings (SSSR count). The van der Waals surface area contributed by atoms with E-state index in [4.69, 9.17) is 9.47 Å². The highest BCUT2D eigenvalue weighted by Crippen LogP contribution is 2.43. The third kappa shape index (κ3) is 3.15. The lowest BCUT2D eigenvalue weighted by atomic mass is 9.92. The average Bonchev–Trinajstić information content (AvgIpc) is 2.56. The van der Waals surface area contributed by atoms with E-state index in [1.807, 2.05) is 0 Å². The van der Waals surface area contributed by atoms with Gasteiger partial charge in [-0.25, -0.2) is 0 Å². The van der Waals surface area contributed by atoms with Crippen molar-refractivity contribution in [2.75, 3.05) is 0 Å². The Kier molecular flexibility index (Phi) is 4.46. The van der Waals surface area contributed by atoms with E-state index < -0.39 is 35.6 Å². The fraction of sp³-hybridized carbons (Fsp3) is 0.263. The number of carbonyl (C=O) groups is 2. The third-order valence-electron chi connectivity index (χ3n) is 4.01. The second-order valence-corrected chi connectivity index (χ2v) is 6.35. The molecule has 0 saturated heterocycles. The van der Waals surface area contributed by atoms with Crippen LogP contribution in [-0.4, -0.2) is 33.2 Å². The molecule has 1 aliphatic rings. The van der Waals surface area contributed by atoms with Crippen molar-refractivity contribution in [3.63, 3.8) is 0 Å². The summed E-state index contributed by atoms with van der Waals surface area (Å²) in [6, 6.07) is 8.23. The lowest BCUT2D eigenvalue weighted by Gasteiger charge is -2.33. The highest BCUT2D eigenvalue weighted by molar-refractivity contribution is 6.06. The van der Waals surface area contributed by atoms with Crippen molar-refractivity contribution in [1.82, 2.24) is 0 Å². The Morgan fingerprint density at radius 3 is 2.50 bits per heavy atom. The van der Waals surface area contributed by atoms with E-state index in [1.54, 1.807) is 26.0 Å². The Labute approximate surface area is 149 Å². The monoisotopic (exact) mass is 358 g/mol. The molecule has 7 heteroatoms. The zero-order chi connectivity index (χ0) is 19.0. The molecule has 0 saturated carbocycles. The SMILES string of the molecule is CC(C)C(=O)O[C@@H]1C(=O)c2c(O)cc(O)cc2O[C@H]1c1cccc(O)c1. The first-order chi connectivity index (χ1) is 12.3. The second-order valence-electron chi connectivity index (χ2n) is 6.35. The maximum absolute atomic E-state index is 12.9. The van der Waals surface area contributed by atoms with Crippen LogP contribution in [0.5, 0.6) is 23.0 Å². The van der Waals surface area contributed by atoms with Crippen LogP contribution in [0.4, 0.5) is 0 Å². The molecule has 0 aromatic heterocycles. The Balaban J connectivity index is 2.10. The molecule has 0 aliphatic carbocycles. The van der Waals surface area contributed by atoms with Crippen molar-refractivity contribution < 1.29 is 34.4 Å². The van der Waals surface area contributed by atoms with Crippen molar-refractivity contribution in [2.45, 2.75) is 26.1 Å². The average molecular weight is 358 g/mol. The number of carbonyl (C=O) groups excluding carboxylic acids is 2. The fourth-order valence-electron chi connectivity index (χ4n) is 2.73. The molecule has 0 fully saturated rings. The molecular weight excluding hydrogens is 340 g/mol. The number of rotatable bonds is 3. The summed E-state index contributed by atoms with van der Waals surface area (Å²) in [5.74, 6) is -2.53. The van der Waals surface area contributed by atoms with Gasteiger partial charge in [-0.05, 0) is 12.1 Å². The lowest BCUT2D eigenvalue weighted by molar-refractivity contribution is -0.155. The maximum atomic E-state index is 12.9. The molecule has 1 aliphatic heterocycles. The van der Waals surface area contributed by atoms with Gasteiger partial charge in [0.25, 0.3) is 0 Å². The van der Waals surface area contributed by atoms with Gasteiger partial charge in [0.2, 0.25) is 11.9 Å². The van der Waals surface area contributed by atoms with Gasteiger partial charge in [-0.15, -0.1) is 0 Å². The van der Waals surface area contributed by atoms with Gasteiger partial charge in [0.1, 0.15) is 28.6 Å². The Hall–Kier alpha value is -3.22. The molecule has 136 valence electrons. The number of phenols is 3. The predicted molar refractivity (Wildman–Crippen MR) is 90.3 cm³/mol. The summed E-state index contributed by atoms with van der Waals surface area (Å²) in [4.78, 5) is 25.0. The number of esters is 1. The normalized spacial score (nSPS) is 19.0. The van der Waals surface area contributed by atoms with Gasteiger partial charge in [-0.2, -0.15) is 0 Å². The van der Waals surface area contributed by atoms with Crippen molar-refractivity contribution in [3.05, 3.63) is 47.5 Å². The number of Topliss-reactive ketones (excluding diaryl/α,β-unsaturated/α-hetero) is 1. The quantitative estimate of drug-likeness (QED) is 0.723. The van der Waals surface area contributed by atoms with Gasteiger partial charge in [-0.3, -0.25) is 9.59 Å². The van der Waals surface area contributed by atoms with Gasteiger partial charge >= 0.3 is 5.97 Å². The topological polar surface area (TPSA) is 113 Å². The summed E-state index contributed by atoms with van der Waals surface area (Å²) in [5.41, 5.74) is 0.245. The van der Waals surface area contributed by atoms with Crippen LogP contribution < -0.4 is 4.74 Å². The van der Waals surface area contributed by atoms with E-state index in [1.165, 1.54) is 18.2 Å². The number of hydrogen-bond donors (Lipinski definition) is 3. The van der Waals surface area contributed by atoms with Crippen LogP contribution in [0, 0.1) is 5.92 Å². The molecule has 7 nitrogen and oxygen atoms in total. The summed E-state index contributed by atoms with van der Waals surface area (Å²) in [6.45, 7) is 3.26. The van der Waals surface area contributed by atoms with Crippen LogP contribution in [0.2, 0.25) is 0 Å². The lowest BCUT2D eigenvalue weighted by Crippen LogP contribution is -2.40. The van der Waals surface area contributed by atoms with Gasteiger partial charge in [-0.1, -0.05) is 26.0 Å². The highest BCUT2D eigenvalue weighted by Gasteiger charge is 2.43. The van der Waals surface area contributed by atoms with Crippen molar-refractivity contribution in [1.29, 1.82) is 0 Å². The van der Waals surface area contributed by atoms with Crippen LogP contribution in [-0.2, 0) is 9.53 Å². The van der Waals surface area contributed by atoms with Gasteiger partial charge in [0.15, 0.2) is 6.10 Å². The smallest absolute Gasteiger partial charge is 0.309 e. The Bertz CT molecular complexity index is 872. The molecule has 26 heavy (non-hydrogen) atoms. The van der Waals surface area contributed by atoms with Crippen molar-refractivity contribution in [3.8, 4) is 23.0 Å². The second kappa shape index (κ2) is 6.59. The minimum atomic E-state index is -1.34. The number of aromatic hydroxyl groups is 3. The van der Waals surface area contributed by atoms with E-state index in [0.717, 1.165) is 6.07 Å². The molecule has 0 amide bonds. The summed E-state index contributed by atoms with van der Waals surface area (Å²) in [5, 5.41) is 29.4. The van der Waals surface area contributed by atoms with Crippen LogP contribution in [0.15, 0.2) is 36.4 Å². The molecule has 3 N–H and O–H groups in total. The molecule has 0 unspecified atom stereocenters. The molecule has 2 aromatic carbocycles. The predicted octanol–water partition coefficient (Wildman–Crippen LogP) is 2.69. The molecule has 1 heterocycles. The minimum absolute atomic E-state index is 0.0299. The number of hydrogen-bond acceptors (Lipinski definition) is 7. The highest BCUT2D eigenvalue weighted by atomic mass is 16.6. The van der Waals surface area contributed by atoms with Crippen LogP contribution >= 0.6 is 0 Å². The summed E-state index contributed by atoms with van der Waals surface area (Å²) >= 11 is 0. The van der Waals surface area contributed by atoms with E-state index >= 15 is 0 Å². The number of benzene rings is 2. The number of phenolic OH excluding ortho intramolecular Hbond substituents is 3. The summed E-state index contributed by atoms with van der Waals surface area (Å²) in [6.07, 6.45) is -2.37. The summed E-state index contributed by atoms with van der Waals surface area (Å²) in [7, 11) is 0. The molecular formula is C19H18O7. The van der Waals surface area contributed by atoms with Crippen LogP contribution in [0.1, 0.15) is 35.9 Å². The zero-order valence-electron chi connectivity index (χ0n) is 14.2. The molecule has 0 spiro atoms. The fourth-order valence-corrected chi connectivity index (χ4v) is 2.73. The first-order valence-electron chi connectivity index (χ1n) is 8.04. The first kappa shape index (κ1) is 17.6. The number of ether oxygens (including phenoxy) is 2. The van der Waals surface area contributed by atoms with E-state index in [0.29, 0.717) is 5.56 Å². The number of fused-ring (bicyclic) bond motifs is 1. The van der Waals surface area contributed by atoms with E-state index in [2.05, 4.69) is 0 Å². The summed E-state index contributed by atoms with van der Waals surface area (Å²) < 4.78 is 11.1. The largest absolute Gasteiger partial charge is 0.508 e. The van der Waals surface area contributed by atoms with Gasteiger partial charge < -0.3 is 24.8 Å². The van der Waals surface area contributed by atoms with Gasteiger partial charge in [0.05, 0.1) is 5.92 Å². The van der Waals surface area contributed by atoms with E-state index in [-0.39, 0.29) is 22.8 Å². The zero-order valence-corrected chi connectivity index (χ0v) is 14.2. The van der Waals surface area contributed by atoms with Crippen molar-refractivity contribution >= 4 is 11.8 Å². The minimum Gasteiger partial charge on any atom is -0.508 e. The standard InChI is InChI=1S/C19H18O7/c1-9(2)19(24)26-18-16(23)15-13(22)7-12(21)8-14(15)25-17(18)10-4-3-5-11(20)6-10/h3-9,17-18,20-22H,1-2H3/t17-,18+/m0/s1. The van der Waals surface area contributed by atoms with Crippen LogP contribution in [0.25, 0.3) is 0 Å². The molecule has 0 bridgehead atoms. The maximum Gasteiger partial charge on any atom is 0.309 e. The Morgan fingerprint density at radius 2 is 1.85 bits per heavy atom. The van der Waals surface area contributed by atoms with Crippen LogP contribution in [0.3, 0.4) is 0 Å². The third-order valence-corrected chi connectivity index (χ3v) is 4.01. The van der Waals surface area contributed by atoms with Gasteiger partial charge in [0, 0.05) is 17.7 Å². The molecule has 2 aromatic rings. The Morgan fingerprint density at radius 1 is 1.12 bits per heavy atom. The van der Waals surface area contributed by atoms with Crippen molar-refractivity contribution in [2.24, 2.45) is 5.92 Å². The van der Waals surface area contributed by atoms with E-state index in [9.17, 15) is 24.9 Å². The molecule has 0 radical (unpaired) electrons. The first-order valence-corrected chi connectivity index (χ1v) is 8.04.